The van der Waals surface area contributed by atoms with Gasteiger partial charge in [-0.25, -0.2) is 0 Å². The van der Waals surface area contributed by atoms with Crippen LogP contribution in [0.2, 0.25) is 5.02 Å². The number of thioether (sulfide) groups is 1. The second-order valence-corrected chi connectivity index (χ2v) is 13.4. The van der Waals surface area contributed by atoms with Crippen molar-refractivity contribution in [3.8, 4) is 0 Å². The molecule has 3 N–H and O–H groups in total. The number of H-pyrrole nitrogens is 1. The van der Waals surface area contributed by atoms with Gasteiger partial charge >= 0.3 is 0 Å². The van der Waals surface area contributed by atoms with Crippen LogP contribution in [-0.2, 0) is 28.2 Å². The maximum Gasteiger partial charge on any atom is 0.228 e. The van der Waals surface area contributed by atoms with Crippen LogP contribution < -0.4 is 10.6 Å². The van der Waals surface area contributed by atoms with Gasteiger partial charge in [0.25, 0.3) is 0 Å². The van der Waals surface area contributed by atoms with Gasteiger partial charge in [-0.2, -0.15) is 0 Å². The van der Waals surface area contributed by atoms with E-state index in [0.29, 0.717) is 24.8 Å². The fourth-order valence-electron chi connectivity index (χ4n) is 5.96. The summed E-state index contributed by atoms with van der Waals surface area (Å²) < 4.78 is 0. The van der Waals surface area contributed by atoms with E-state index in [0.717, 1.165) is 71.8 Å². The van der Waals surface area contributed by atoms with Crippen molar-refractivity contribution in [1.82, 2.24) is 15.2 Å². The second kappa shape index (κ2) is 14.2. The fourth-order valence-corrected chi connectivity index (χ4v) is 7.42. The first-order chi connectivity index (χ1) is 20.7. The molecule has 2 aliphatic heterocycles. The molecule has 2 amide bonds. The number of aromatic nitrogens is 1. The van der Waals surface area contributed by atoms with Crippen LogP contribution in [0.5, 0.6) is 0 Å². The minimum atomic E-state index is 0.0732. The first-order valence-electron chi connectivity index (χ1n) is 15.4. The maximum atomic E-state index is 12.5. The van der Waals surface area contributed by atoms with Crippen molar-refractivity contribution < 1.29 is 9.59 Å². The fraction of sp³-hybridized carbons (Fsp3) is 0.429. The number of likely N-dealkylation sites (tertiary alicyclic amines) is 1. The first-order valence-corrected chi connectivity index (χ1v) is 16.7. The van der Waals surface area contributed by atoms with Crippen molar-refractivity contribution >= 4 is 46.9 Å². The summed E-state index contributed by atoms with van der Waals surface area (Å²) in [5, 5.41) is 7.35. The lowest BCUT2D eigenvalue weighted by atomic mass is 10.0. The highest BCUT2D eigenvalue weighted by Gasteiger charge is 2.28. The maximum absolute atomic E-state index is 12.5. The van der Waals surface area contributed by atoms with E-state index >= 15 is 0 Å². The summed E-state index contributed by atoms with van der Waals surface area (Å²) in [5.41, 5.74) is 9.16. The lowest BCUT2D eigenvalue weighted by Gasteiger charge is -2.32. The third kappa shape index (κ3) is 8.14. The molecule has 0 atom stereocenters. The molecule has 3 aromatic rings. The number of nitrogens with zero attached hydrogens (tertiary/aromatic N) is 1. The summed E-state index contributed by atoms with van der Waals surface area (Å²) in [7, 11) is 0. The molecule has 1 aliphatic carbocycles. The van der Waals surface area contributed by atoms with Gasteiger partial charge in [0.2, 0.25) is 11.8 Å². The van der Waals surface area contributed by atoms with Crippen LogP contribution in [0.4, 0.5) is 5.69 Å². The van der Waals surface area contributed by atoms with Crippen LogP contribution in [0, 0.1) is 20.8 Å². The zero-order valence-electron chi connectivity index (χ0n) is 25.5. The van der Waals surface area contributed by atoms with Crippen molar-refractivity contribution in [3.05, 3.63) is 87.2 Å². The third-order valence-electron chi connectivity index (χ3n) is 8.76. The smallest absolute Gasteiger partial charge is 0.228 e. The van der Waals surface area contributed by atoms with Crippen LogP contribution in [0.1, 0.15) is 71.3 Å². The SMILES string of the molecule is C=Cc1[nH]c(C)c(CCC(=O)N2CCC(NC3CC3)CC2)c1C.Cc1cccc(Cl)c1CSc1ccc2c(c1)CC(=O)N2. The zero-order valence-corrected chi connectivity index (χ0v) is 27.1. The normalized spacial score (nSPS) is 16.4. The van der Waals surface area contributed by atoms with Crippen molar-refractivity contribution in [1.29, 1.82) is 0 Å². The highest BCUT2D eigenvalue weighted by Crippen LogP contribution is 2.32. The number of amides is 2. The molecular weight excluding hydrogens is 576 g/mol. The molecule has 0 radical (unpaired) electrons. The Balaban J connectivity index is 0.000000173. The summed E-state index contributed by atoms with van der Waals surface area (Å²) >= 11 is 7.99. The molecule has 1 saturated carbocycles. The van der Waals surface area contributed by atoms with Crippen molar-refractivity contribution in [2.45, 2.75) is 88.4 Å². The van der Waals surface area contributed by atoms with E-state index in [4.69, 9.17) is 11.6 Å². The largest absolute Gasteiger partial charge is 0.359 e. The Morgan fingerprint density at radius 3 is 2.51 bits per heavy atom. The Morgan fingerprint density at radius 1 is 1.09 bits per heavy atom. The third-order valence-corrected chi connectivity index (χ3v) is 10.1. The Bertz CT molecular complexity index is 1470. The molecule has 6 rings (SSSR count). The second-order valence-electron chi connectivity index (χ2n) is 11.9. The Hall–Kier alpha value is -3.00. The number of anilines is 1. The monoisotopic (exact) mass is 618 g/mol. The number of nitrogens with one attached hydrogen (secondary N) is 3. The van der Waals surface area contributed by atoms with Gasteiger partial charge in [-0.1, -0.05) is 30.3 Å². The molecule has 228 valence electrons. The van der Waals surface area contributed by atoms with Gasteiger partial charge in [0.15, 0.2) is 0 Å². The number of benzene rings is 2. The summed E-state index contributed by atoms with van der Waals surface area (Å²) in [6.07, 6.45) is 8.64. The zero-order chi connectivity index (χ0) is 30.5. The summed E-state index contributed by atoms with van der Waals surface area (Å²) in [6, 6.07) is 13.5. The Labute approximate surface area is 265 Å². The van der Waals surface area contributed by atoms with E-state index in [1.807, 2.05) is 30.3 Å². The van der Waals surface area contributed by atoms with E-state index in [1.165, 1.54) is 40.0 Å². The summed E-state index contributed by atoms with van der Waals surface area (Å²) in [5.74, 6) is 1.21. The topological polar surface area (TPSA) is 77.2 Å². The molecule has 0 unspecified atom stereocenters. The molecule has 1 aromatic heterocycles. The van der Waals surface area contributed by atoms with Gasteiger partial charge in [0.05, 0.1) is 6.42 Å². The summed E-state index contributed by atoms with van der Waals surface area (Å²) in [6.45, 7) is 11.9. The number of piperidine rings is 1. The number of hydrogen-bond donors (Lipinski definition) is 3. The standard InChI is InChI=1S/C19H29N3O.C16H14ClNOS/c1-4-18-13(2)17(14(3)20-18)7-8-19(23)22-11-9-16(10-12-22)21-15-5-6-15;1-10-3-2-4-14(17)13(10)9-20-12-5-6-15-11(7-12)8-16(19)18-15/h4,15-16,20-21H,1,5-12H2,2-3H3;2-7H,8-9H2,1H3,(H,18,19). The summed E-state index contributed by atoms with van der Waals surface area (Å²) in [4.78, 5) is 30.4. The van der Waals surface area contributed by atoms with Gasteiger partial charge < -0.3 is 20.5 Å². The van der Waals surface area contributed by atoms with Gasteiger partial charge in [0, 0.05) is 64.3 Å². The lowest BCUT2D eigenvalue weighted by molar-refractivity contribution is -0.132. The predicted molar refractivity (Wildman–Crippen MR) is 179 cm³/mol. The number of carbonyl (C=O) groups is 2. The molecule has 43 heavy (non-hydrogen) atoms. The molecule has 1 saturated heterocycles. The number of hydrogen-bond acceptors (Lipinski definition) is 4. The minimum Gasteiger partial charge on any atom is -0.359 e. The number of halogens is 1. The average molecular weight is 619 g/mol. The van der Waals surface area contributed by atoms with E-state index in [1.54, 1.807) is 11.8 Å². The molecule has 6 nitrogen and oxygen atoms in total. The number of aryl methyl sites for hydroxylation is 2. The van der Waals surface area contributed by atoms with Crippen LogP contribution in [0.25, 0.3) is 6.08 Å². The highest BCUT2D eigenvalue weighted by atomic mass is 35.5. The number of rotatable bonds is 9. The van der Waals surface area contributed by atoms with Crippen LogP contribution in [-0.4, -0.2) is 46.9 Å². The quantitative estimate of drug-likeness (QED) is 0.219. The van der Waals surface area contributed by atoms with Crippen molar-refractivity contribution in [3.63, 3.8) is 0 Å². The molecule has 2 fully saturated rings. The van der Waals surface area contributed by atoms with Crippen LogP contribution >= 0.6 is 23.4 Å². The van der Waals surface area contributed by atoms with Crippen LogP contribution in [0.3, 0.4) is 0 Å². The molecule has 2 aromatic carbocycles. The van der Waals surface area contributed by atoms with Crippen molar-refractivity contribution in [2.75, 3.05) is 18.4 Å². The molecule has 3 heterocycles. The molecule has 8 heteroatoms. The molecule has 0 bridgehead atoms. The number of carbonyl (C=O) groups excluding carboxylic acids is 2. The molecular formula is C35H43ClN4O2S. The van der Waals surface area contributed by atoms with E-state index in [2.05, 4.69) is 60.0 Å². The first kappa shape index (κ1) is 31.4. The Morgan fingerprint density at radius 2 is 1.84 bits per heavy atom. The minimum absolute atomic E-state index is 0.0732. The molecule has 3 aliphatic rings. The van der Waals surface area contributed by atoms with E-state index in [-0.39, 0.29) is 5.91 Å². The molecule has 0 spiro atoms. The van der Waals surface area contributed by atoms with Gasteiger partial charge in [0.1, 0.15) is 0 Å². The number of aromatic amines is 1. The van der Waals surface area contributed by atoms with Gasteiger partial charge in [-0.15, -0.1) is 11.8 Å². The van der Waals surface area contributed by atoms with Crippen LogP contribution in [0.15, 0.2) is 47.9 Å². The highest BCUT2D eigenvalue weighted by molar-refractivity contribution is 7.98. The van der Waals surface area contributed by atoms with Crippen molar-refractivity contribution in [2.24, 2.45) is 0 Å². The van der Waals surface area contributed by atoms with Gasteiger partial charge in [-0.3, -0.25) is 9.59 Å². The number of fused-ring (bicyclic) bond motifs is 1. The Kier molecular flexibility index (Phi) is 10.4. The lowest BCUT2D eigenvalue weighted by Crippen LogP contribution is -2.45. The van der Waals surface area contributed by atoms with Gasteiger partial charge in [-0.05, 0) is 111 Å². The van der Waals surface area contributed by atoms with E-state index < -0.39 is 0 Å². The average Bonchev–Trinajstić information content (AvgIpc) is 3.66. The van der Waals surface area contributed by atoms with E-state index in [9.17, 15) is 9.59 Å². The predicted octanol–water partition coefficient (Wildman–Crippen LogP) is 7.39.